The SMILES string of the molecule is O=c1[nH]c(NCCC2CCOC2)cc2ccccc12. The zero-order chi connectivity index (χ0) is 13.1. The van der Waals surface area contributed by atoms with Crippen LogP contribution in [0.5, 0.6) is 0 Å². The van der Waals surface area contributed by atoms with Crippen LogP contribution in [0.2, 0.25) is 0 Å². The molecule has 4 heteroatoms. The van der Waals surface area contributed by atoms with Gasteiger partial charge in [0, 0.05) is 25.1 Å². The van der Waals surface area contributed by atoms with E-state index >= 15 is 0 Å². The minimum absolute atomic E-state index is 0.0372. The first kappa shape index (κ1) is 12.2. The fourth-order valence-electron chi connectivity index (χ4n) is 2.53. The summed E-state index contributed by atoms with van der Waals surface area (Å²) in [5.41, 5.74) is -0.0372. The molecule has 1 atom stereocenters. The molecule has 0 aliphatic carbocycles. The Morgan fingerprint density at radius 3 is 3.11 bits per heavy atom. The maximum Gasteiger partial charge on any atom is 0.257 e. The molecule has 0 amide bonds. The number of hydrogen-bond donors (Lipinski definition) is 2. The second-order valence-corrected chi connectivity index (χ2v) is 5.04. The van der Waals surface area contributed by atoms with Crippen LogP contribution in [0.15, 0.2) is 35.1 Å². The van der Waals surface area contributed by atoms with E-state index in [1.165, 1.54) is 0 Å². The van der Waals surface area contributed by atoms with Crippen molar-refractivity contribution in [1.29, 1.82) is 0 Å². The molecular formula is C15H18N2O2. The number of ether oxygens (including phenoxy) is 1. The second kappa shape index (κ2) is 5.45. The fourth-order valence-corrected chi connectivity index (χ4v) is 2.53. The van der Waals surface area contributed by atoms with Crippen molar-refractivity contribution in [2.45, 2.75) is 12.8 Å². The Balaban J connectivity index is 1.69. The summed E-state index contributed by atoms with van der Waals surface area (Å²) in [6.45, 7) is 2.62. The van der Waals surface area contributed by atoms with Crippen LogP contribution in [0.3, 0.4) is 0 Å². The van der Waals surface area contributed by atoms with Crippen molar-refractivity contribution < 1.29 is 4.74 Å². The molecule has 100 valence electrons. The van der Waals surface area contributed by atoms with Crippen LogP contribution < -0.4 is 10.9 Å². The Morgan fingerprint density at radius 1 is 1.37 bits per heavy atom. The molecule has 0 radical (unpaired) electrons. The highest BCUT2D eigenvalue weighted by atomic mass is 16.5. The number of pyridine rings is 1. The largest absolute Gasteiger partial charge is 0.381 e. The number of H-pyrrole nitrogens is 1. The summed E-state index contributed by atoms with van der Waals surface area (Å²) in [5, 5.41) is 5.00. The average molecular weight is 258 g/mol. The molecule has 2 N–H and O–H groups in total. The molecular weight excluding hydrogens is 240 g/mol. The predicted molar refractivity (Wildman–Crippen MR) is 76.6 cm³/mol. The Hall–Kier alpha value is -1.81. The summed E-state index contributed by atoms with van der Waals surface area (Å²) < 4.78 is 5.35. The van der Waals surface area contributed by atoms with E-state index < -0.39 is 0 Å². The van der Waals surface area contributed by atoms with Crippen LogP contribution >= 0.6 is 0 Å². The number of benzene rings is 1. The van der Waals surface area contributed by atoms with Gasteiger partial charge >= 0.3 is 0 Å². The number of hydrogen-bond acceptors (Lipinski definition) is 3. The van der Waals surface area contributed by atoms with Crippen molar-refractivity contribution in [3.63, 3.8) is 0 Å². The normalized spacial score (nSPS) is 18.8. The lowest BCUT2D eigenvalue weighted by atomic mass is 10.1. The predicted octanol–water partition coefficient (Wildman–Crippen LogP) is 2.37. The molecule has 1 aromatic heterocycles. The average Bonchev–Trinajstić information content (AvgIpc) is 2.92. The Morgan fingerprint density at radius 2 is 2.26 bits per heavy atom. The lowest BCUT2D eigenvalue weighted by molar-refractivity contribution is 0.185. The van der Waals surface area contributed by atoms with Crippen molar-refractivity contribution in [3.8, 4) is 0 Å². The molecule has 0 bridgehead atoms. The van der Waals surface area contributed by atoms with Gasteiger partial charge < -0.3 is 15.0 Å². The summed E-state index contributed by atoms with van der Waals surface area (Å²) in [7, 11) is 0. The molecule has 0 spiro atoms. The first-order chi connectivity index (χ1) is 9.33. The third kappa shape index (κ3) is 2.79. The highest BCUT2D eigenvalue weighted by Crippen LogP contribution is 2.17. The number of rotatable bonds is 4. The van der Waals surface area contributed by atoms with E-state index in [0.29, 0.717) is 5.92 Å². The van der Waals surface area contributed by atoms with Crippen LogP contribution in [0.25, 0.3) is 10.8 Å². The molecule has 0 saturated carbocycles. The minimum Gasteiger partial charge on any atom is -0.381 e. The van der Waals surface area contributed by atoms with Crippen LogP contribution in [0.4, 0.5) is 5.82 Å². The van der Waals surface area contributed by atoms with Gasteiger partial charge in [-0.05, 0) is 36.3 Å². The Bertz CT molecular complexity index is 615. The van der Waals surface area contributed by atoms with Gasteiger partial charge in [0.25, 0.3) is 5.56 Å². The number of aromatic nitrogens is 1. The van der Waals surface area contributed by atoms with Gasteiger partial charge in [0.15, 0.2) is 0 Å². The number of anilines is 1. The van der Waals surface area contributed by atoms with Gasteiger partial charge in [0.2, 0.25) is 0 Å². The second-order valence-electron chi connectivity index (χ2n) is 5.04. The van der Waals surface area contributed by atoms with E-state index in [1.807, 2.05) is 30.3 Å². The molecule has 1 aromatic carbocycles. The van der Waals surface area contributed by atoms with Gasteiger partial charge in [0.05, 0.1) is 0 Å². The molecule has 2 heterocycles. The Kier molecular flexibility index (Phi) is 3.51. The molecule has 1 aliphatic heterocycles. The lowest BCUT2D eigenvalue weighted by Crippen LogP contribution is -2.14. The van der Waals surface area contributed by atoms with Gasteiger partial charge in [-0.15, -0.1) is 0 Å². The van der Waals surface area contributed by atoms with Gasteiger partial charge in [-0.2, -0.15) is 0 Å². The lowest BCUT2D eigenvalue weighted by Gasteiger charge is -2.10. The minimum atomic E-state index is -0.0372. The third-order valence-electron chi connectivity index (χ3n) is 3.65. The zero-order valence-corrected chi connectivity index (χ0v) is 10.8. The summed E-state index contributed by atoms with van der Waals surface area (Å²) in [4.78, 5) is 14.8. The standard InChI is InChI=1S/C15H18N2O2/c18-15-13-4-2-1-3-12(13)9-14(17-15)16-7-5-11-6-8-19-10-11/h1-4,9,11H,5-8,10H2,(H2,16,17,18). The summed E-state index contributed by atoms with van der Waals surface area (Å²) >= 11 is 0. The molecule has 3 rings (SSSR count). The van der Waals surface area contributed by atoms with E-state index in [4.69, 9.17) is 4.74 Å². The van der Waals surface area contributed by atoms with Gasteiger partial charge in [-0.1, -0.05) is 18.2 Å². The van der Waals surface area contributed by atoms with Crippen molar-refractivity contribution in [3.05, 3.63) is 40.7 Å². The van der Waals surface area contributed by atoms with E-state index in [2.05, 4.69) is 10.3 Å². The molecule has 1 saturated heterocycles. The van der Waals surface area contributed by atoms with Gasteiger partial charge in [-0.3, -0.25) is 4.79 Å². The number of nitrogens with one attached hydrogen (secondary N) is 2. The summed E-state index contributed by atoms with van der Waals surface area (Å²) in [6, 6.07) is 9.61. The zero-order valence-electron chi connectivity index (χ0n) is 10.8. The van der Waals surface area contributed by atoms with E-state index in [9.17, 15) is 4.79 Å². The van der Waals surface area contributed by atoms with E-state index in [-0.39, 0.29) is 5.56 Å². The molecule has 19 heavy (non-hydrogen) atoms. The van der Waals surface area contributed by atoms with Crippen molar-refractivity contribution >= 4 is 16.6 Å². The van der Waals surface area contributed by atoms with Crippen molar-refractivity contribution in [1.82, 2.24) is 4.98 Å². The van der Waals surface area contributed by atoms with Crippen LogP contribution in [-0.2, 0) is 4.74 Å². The summed E-state index contributed by atoms with van der Waals surface area (Å²) in [5.74, 6) is 1.45. The number of fused-ring (bicyclic) bond motifs is 1. The monoisotopic (exact) mass is 258 g/mol. The molecule has 1 aliphatic rings. The quantitative estimate of drug-likeness (QED) is 0.885. The maximum atomic E-state index is 11.9. The van der Waals surface area contributed by atoms with Crippen LogP contribution in [0.1, 0.15) is 12.8 Å². The smallest absolute Gasteiger partial charge is 0.257 e. The van der Waals surface area contributed by atoms with Crippen LogP contribution in [-0.4, -0.2) is 24.7 Å². The first-order valence-electron chi connectivity index (χ1n) is 6.76. The van der Waals surface area contributed by atoms with Gasteiger partial charge in [0.1, 0.15) is 5.82 Å². The molecule has 2 aromatic rings. The highest BCUT2D eigenvalue weighted by molar-refractivity contribution is 5.83. The highest BCUT2D eigenvalue weighted by Gasteiger charge is 2.14. The third-order valence-corrected chi connectivity index (χ3v) is 3.65. The van der Waals surface area contributed by atoms with Crippen LogP contribution in [0, 0.1) is 5.92 Å². The van der Waals surface area contributed by atoms with E-state index in [1.54, 1.807) is 0 Å². The van der Waals surface area contributed by atoms with Gasteiger partial charge in [-0.25, -0.2) is 0 Å². The molecule has 1 fully saturated rings. The van der Waals surface area contributed by atoms with Crippen molar-refractivity contribution in [2.24, 2.45) is 5.92 Å². The summed E-state index contributed by atoms with van der Waals surface area (Å²) in [6.07, 6.45) is 2.23. The topological polar surface area (TPSA) is 54.1 Å². The fraction of sp³-hybridized carbons (Fsp3) is 0.400. The number of aromatic amines is 1. The molecule has 1 unspecified atom stereocenters. The van der Waals surface area contributed by atoms with Crippen molar-refractivity contribution in [2.75, 3.05) is 25.1 Å². The maximum absolute atomic E-state index is 11.9. The molecule has 4 nitrogen and oxygen atoms in total. The Labute approximate surface area is 111 Å². The van der Waals surface area contributed by atoms with E-state index in [0.717, 1.165) is 49.2 Å². The first-order valence-corrected chi connectivity index (χ1v) is 6.76.